The molecule has 1 heterocycles. The number of hydrogen-bond acceptors (Lipinski definition) is 8. The third kappa shape index (κ3) is 1.90. The molecule has 9 nitrogen and oxygen atoms in total. The van der Waals surface area contributed by atoms with E-state index in [0.29, 0.717) is 0 Å². The van der Waals surface area contributed by atoms with E-state index in [-0.39, 0.29) is 5.95 Å². The van der Waals surface area contributed by atoms with Gasteiger partial charge in [-0.25, -0.2) is 4.79 Å². The lowest BCUT2D eigenvalue weighted by molar-refractivity contribution is -0.384. The first-order valence-electron chi connectivity index (χ1n) is 3.63. The molecule has 1 aromatic rings. The fraction of sp³-hybridized carbons (Fsp3) is 0.167. The highest BCUT2D eigenvalue weighted by molar-refractivity contribution is 5.94. The van der Waals surface area contributed by atoms with Gasteiger partial charge in [0.1, 0.15) is 0 Å². The first kappa shape index (κ1) is 10.6. The van der Waals surface area contributed by atoms with Crippen molar-refractivity contribution < 1.29 is 14.5 Å². The van der Waals surface area contributed by atoms with E-state index in [1.54, 1.807) is 0 Å². The molecule has 0 amide bonds. The van der Waals surface area contributed by atoms with Crippen molar-refractivity contribution >= 4 is 23.4 Å². The number of nitrogens with two attached hydrogens (primary N) is 2. The van der Waals surface area contributed by atoms with Gasteiger partial charge in [-0.15, -0.1) is 0 Å². The van der Waals surface area contributed by atoms with Gasteiger partial charge in [-0.1, -0.05) is 0 Å². The summed E-state index contributed by atoms with van der Waals surface area (Å²) >= 11 is 0. The summed E-state index contributed by atoms with van der Waals surface area (Å²) in [6, 6.07) is 0. The Morgan fingerprint density at radius 1 is 1.47 bits per heavy atom. The number of esters is 1. The Kier molecular flexibility index (Phi) is 2.65. The van der Waals surface area contributed by atoms with Crippen LogP contribution < -0.4 is 11.5 Å². The van der Waals surface area contributed by atoms with Gasteiger partial charge in [-0.2, -0.15) is 9.97 Å². The van der Waals surface area contributed by atoms with E-state index in [0.717, 1.165) is 7.11 Å². The highest BCUT2D eigenvalue weighted by Gasteiger charge is 2.28. The van der Waals surface area contributed by atoms with E-state index in [1.807, 2.05) is 0 Å². The van der Waals surface area contributed by atoms with Crippen LogP contribution in [0.4, 0.5) is 17.5 Å². The minimum atomic E-state index is -0.998. The second-order valence-corrected chi connectivity index (χ2v) is 2.41. The van der Waals surface area contributed by atoms with E-state index < -0.39 is 28.1 Å². The maximum atomic E-state index is 11.1. The molecule has 15 heavy (non-hydrogen) atoms. The number of carbonyl (C=O) groups is 1. The average Bonchev–Trinajstić information content (AvgIpc) is 2.14. The summed E-state index contributed by atoms with van der Waals surface area (Å²) in [5.74, 6) is -1.81. The molecule has 0 unspecified atom stereocenters. The Hall–Kier alpha value is -2.45. The average molecular weight is 213 g/mol. The van der Waals surface area contributed by atoms with Crippen molar-refractivity contribution in [2.24, 2.45) is 0 Å². The Balaban J connectivity index is 3.46. The molecule has 0 aliphatic heterocycles. The van der Waals surface area contributed by atoms with Gasteiger partial charge < -0.3 is 16.2 Å². The molecule has 80 valence electrons. The van der Waals surface area contributed by atoms with Crippen LogP contribution in [0.3, 0.4) is 0 Å². The van der Waals surface area contributed by atoms with Crippen molar-refractivity contribution in [3.05, 3.63) is 15.8 Å². The highest BCUT2D eigenvalue weighted by atomic mass is 16.6. The van der Waals surface area contributed by atoms with Crippen LogP contribution in [0, 0.1) is 10.1 Å². The maximum Gasteiger partial charge on any atom is 0.364 e. The predicted molar refractivity (Wildman–Crippen MR) is 48.9 cm³/mol. The SMILES string of the molecule is COC(=O)c1nc(N)nc(N)c1[N+](=O)[O-]. The minimum absolute atomic E-state index is 0.335. The van der Waals surface area contributed by atoms with Crippen molar-refractivity contribution in [3.8, 4) is 0 Å². The first-order chi connectivity index (χ1) is 6.97. The first-order valence-corrected chi connectivity index (χ1v) is 3.63. The molecule has 0 atom stereocenters. The number of nitrogen functional groups attached to an aromatic ring is 2. The summed E-state index contributed by atoms with van der Waals surface area (Å²) in [5.41, 5.74) is 9.15. The Morgan fingerprint density at radius 3 is 2.53 bits per heavy atom. The van der Waals surface area contributed by atoms with Crippen molar-refractivity contribution in [3.63, 3.8) is 0 Å². The molecule has 4 N–H and O–H groups in total. The number of aromatic nitrogens is 2. The molecule has 0 saturated heterocycles. The molecule has 0 spiro atoms. The molecule has 0 aliphatic rings. The molecule has 0 bridgehead atoms. The van der Waals surface area contributed by atoms with Crippen molar-refractivity contribution in [2.75, 3.05) is 18.6 Å². The largest absolute Gasteiger partial charge is 0.464 e. The second-order valence-electron chi connectivity index (χ2n) is 2.41. The third-order valence-electron chi connectivity index (χ3n) is 1.49. The fourth-order valence-corrected chi connectivity index (χ4v) is 0.909. The zero-order valence-electron chi connectivity index (χ0n) is 7.63. The molecule has 1 rings (SSSR count). The van der Waals surface area contributed by atoms with E-state index in [1.165, 1.54) is 0 Å². The number of methoxy groups -OCH3 is 1. The highest BCUT2D eigenvalue weighted by Crippen LogP contribution is 2.23. The summed E-state index contributed by atoms with van der Waals surface area (Å²) in [6.07, 6.45) is 0. The standard InChI is InChI=1S/C6H7N5O4/c1-15-5(12)2-3(11(13)14)4(7)10-6(8)9-2/h1H3,(H4,7,8,9,10). The number of rotatable bonds is 2. The molecule has 0 radical (unpaired) electrons. The number of ether oxygens (including phenoxy) is 1. The van der Waals surface area contributed by atoms with Crippen LogP contribution in [0.25, 0.3) is 0 Å². The number of anilines is 2. The van der Waals surface area contributed by atoms with Crippen LogP contribution in [0.5, 0.6) is 0 Å². The molecule has 0 aliphatic carbocycles. The van der Waals surface area contributed by atoms with Crippen LogP contribution in [-0.4, -0.2) is 28.0 Å². The summed E-state index contributed by atoms with van der Waals surface area (Å²) in [5, 5.41) is 10.6. The van der Waals surface area contributed by atoms with Gasteiger partial charge >= 0.3 is 11.7 Å². The lowest BCUT2D eigenvalue weighted by Crippen LogP contribution is -2.13. The monoisotopic (exact) mass is 213 g/mol. The lowest BCUT2D eigenvalue weighted by Gasteiger charge is -2.02. The third-order valence-corrected chi connectivity index (χ3v) is 1.49. The Bertz CT molecular complexity index is 432. The van der Waals surface area contributed by atoms with Crippen molar-refractivity contribution in [1.29, 1.82) is 0 Å². The van der Waals surface area contributed by atoms with E-state index in [4.69, 9.17) is 11.5 Å². The molecule has 0 aromatic carbocycles. The number of nitrogens with zero attached hydrogens (tertiary/aromatic N) is 3. The van der Waals surface area contributed by atoms with Gasteiger partial charge in [0.25, 0.3) is 0 Å². The number of carbonyl (C=O) groups excluding carboxylic acids is 1. The molecular weight excluding hydrogens is 206 g/mol. The van der Waals surface area contributed by atoms with Crippen LogP contribution in [0.15, 0.2) is 0 Å². The van der Waals surface area contributed by atoms with Gasteiger partial charge in [0.15, 0.2) is 0 Å². The van der Waals surface area contributed by atoms with Crippen LogP contribution in [0.2, 0.25) is 0 Å². The summed E-state index contributed by atoms with van der Waals surface area (Å²) in [7, 11) is 1.06. The van der Waals surface area contributed by atoms with E-state index in [9.17, 15) is 14.9 Å². The van der Waals surface area contributed by atoms with E-state index >= 15 is 0 Å². The zero-order chi connectivity index (χ0) is 11.6. The van der Waals surface area contributed by atoms with Crippen LogP contribution in [0.1, 0.15) is 10.5 Å². The summed E-state index contributed by atoms with van der Waals surface area (Å²) < 4.78 is 4.29. The van der Waals surface area contributed by atoms with Gasteiger partial charge in [0.2, 0.25) is 17.5 Å². The minimum Gasteiger partial charge on any atom is -0.464 e. The van der Waals surface area contributed by atoms with Crippen molar-refractivity contribution in [2.45, 2.75) is 0 Å². The molecule has 0 saturated carbocycles. The number of hydrogen-bond donors (Lipinski definition) is 2. The van der Waals surface area contributed by atoms with E-state index in [2.05, 4.69) is 14.7 Å². The zero-order valence-corrected chi connectivity index (χ0v) is 7.63. The summed E-state index contributed by atoms with van der Waals surface area (Å²) in [6.45, 7) is 0. The van der Waals surface area contributed by atoms with Gasteiger partial charge in [-0.05, 0) is 0 Å². The molecule has 1 aromatic heterocycles. The Morgan fingerprint density at radius 2 is 2.07 bits per heavy atom. The van der Waals surface area contributed by atoms with Crippen LogP contribution >= 0.6 is 0 Å². The smallest absolute Gasteiger partial charge is 0.364 e. The predicted octanol–water partition coefficient (Wildman–Crippen LogP) is -0.664. The number of nitro groups is 1. The van der Waals surface area contributed by atoms with Gasteiger partial charge in [0, 0.05) is 0 Å². The molecular formula is C6H7N5O4. The van der Waals surface area contributed by atoms with Crippen LogP contribution in [-0.2, 0) is 4.74 Å². The van der Waals surface area contributed by atoms with Gasteiger partial charge in [0.05, 0.1) is 12.0 Å². The maximum absolute atomic E-state index is 11.1. The topological polar surface area (TPSA) is 147 Å². The lowest BCUT2D eigenvalue weighted by atomic mass is 10.3. The molecule has 0 fully saturated rings. The molecule has 9 heteroatoms. The van der Waals surface area contributed by atoms with Gasteiger partial charge in [-0.3, -0.25) is 10.1 Å². The van der Waals surface area contributed by atoms with Crippen molar-refractivity contribution in [1.82, 2.24) is 9.97 Å². The normalized spacial score (nSPS) is 9.67. The quantitative estimate of drug-likeness (QED) is 0.373. The Labute approximate surface area is 83.2 Å². The second kappa shape index (κ2) is 3.74. The fourth-order valence-electron chi connectivity index (χ4n) is 0.909. The summed E-state index contributed by atoms with van der Waals surface area (Å²) in [4.78, 5) is 27.6.